The molecule has 0 bridgehead atoms. The van der Waals surface area contributed by atoms with Gasteiger partial charge in [0.15, 0.2) is 23.0 Å². The SMILES string of the molecule is CCCCN(CCCN(C)C)C(=O)CN1C[C@H](c2cc(CO)c3c(c2)OCO3)[C@@H](C(=O)O)[C@@H]1CCc1cccc2c1OCO2. The lowest BCUT2D eigenvalue weighted by atomic mass is 9.82. The van der Waals surface area contributed by atoms with Crippen molar-refractivity contribution >= 4 is 11.9 Å². The number of aliphatic hydroxyl groups is 1. The van der Waals surface area contributed by atoms with Crippen molar-refractivity contribution in [2.24, 2.45) is 5.92 Å². The third-order valence-corrected chi connectivity index (χ3v) is 8.90. The van der Waals surface area contributed by atoms with Gasteiger partial charge in [0.05, 0.1) is 19.1 Å². The third kappa shape index (κ3) is 7.06. The van der Waals surface area contributed by atoms with Crippen LogP contribution >= 0.6 is 0 Å². The maximum Gasteiger partial charge on any atom is 0.308 e. The summed E-state index contributed by atoms with van der Waals surface area (Å²) in [5, 5.41) is 20.7. The van der Waals surface area contributed by atoms with E-state index in [1.165, 1.54) is 0 Å². The molecule has 2 N–H and O–H groups in total. The van der Waals surface area contributed by atoms with Gasteiger partial charge >= 0.3 is 5.97 Å². The van der Waals surface area contributed by atoms with Crippen LogP contribution in [0.5, 0.6) is 23.0 Å². The van der Waals surface area contributed by atoms with Gasteiger partial charge in [-0.1, -0.05) is 25.5 Å². The van der Waals surface area contributed by atoms with Crippen LogP contribution < -0.4 is 18.9 Å². The Hall–Kier alpha value is -3.54. The van der Waals surface area contributed by atoms with E-state index in [0.717, 1.165) is 36.9 Å². The Kier molecular flexibility index (Phi) is 10.5. The van der Waals surface area contributed by atoms with E-state index in [0.29, 0.717) is 61.0 Å². The van der Waals surface area contributed by atoms with Gasteiger partial charge in [-0.3, -0.25) is 14.5 Å². The molecule has 0 unspecified atom stereocenters. The highest BCUT2D eigenvalue weighted by molar-refractivity contribution is 5.79. The minimum Gasteiger partial charge on any atom is -0.481 e. The van der Waals surface area contributed by atoms with Crippen molar-refractivity contribution in [3.8, 4) is 23.0 Å². The molecule has 1 saturated heterocycles. The maximum atomic E-state index is 13.8. The van der Waals surface area contributed by atoms with E-state index in [1.807, 2.05) is 49.3 Å². The summed E-state index contributed by atoms with van der Waals surface area (Å²) in [7, 11) is 4.05. The van der Waals surface area contributed by atoms with Gasteiger partial charge in [-0.05, 0) is 75.6 Å². The number of benzene rings is 2. The molecule has 1 fully saturated rings. The Balaban J connectivity index is 1.43. The minimum absolute atomic E-state index is 0.0195. The highest BCUT2D eigenvalue weighted by atomic mass is 16.7. The molecule has 3 atom stereocenters. The van der Waals surface area contributed by atoms with Gasteiger partial charge in [0.1, 0.15) is 0 Å². The maximum absolute atomic E-state index is 13.8. The molecule has 44 heavy (non-hydrogen) atoms. The largest absolute Gasteiger partial charge is 0.481 e. The van der Waals surface area contributed by atoms with Gasteiger partial charge in [-0.2, -0.15) is 0 Å². The van der Waals surface area contributed by atoms with Crippen molar-refractivity contribution < 1.29 is 38.7 Å². The highest BCUT2D eigenvalue weighted by Crippen LogP contribution is 2.45. The highest BCUT2D eigenvalue weighted by Gasteiger charge is 2.47. The van der Waals surface area contributed by atoms with Gasteiger partial charge in [0.25, 0.3) is 0 Å². The van der Waals surface area contributed by atoms with Crippen LogP contribution in [0.3, 0.4) is 0 Å². The topological polar surface area (TPSA) is 121 Å². The molecule has 0 aliphatic carbocycles. The van der Waals surface area contributed by atoms with Gasteiger partial charge in [0.2, 0.25) is 19.5 Å². The number of hydrogen-bond donors (Lipinski definition) is 2. The smallest absolute Gasteiger partial charge is 0.308 e. The fourth-order valence-electron chi connectivity index (χ4n) is 6.68. The van der Waals surface area contributed by atoms with E-state index in [-0.39, 0.29) is 32.6 Å². The van der Waals surface area contributed by atoms with Gasteiger partial charge in [-0.25, -0.2) is 0 Å². The summed E-state index contributed by atoms with van der Waals surface area (Å²) in [6.07, 6.45) is 3.86. The number of ether oxygens (including phenoxy) is 4. The monoisotopic (exact) mass is 611 g/mol. The summed E-state index contributed by atoms with van der Waals surface area (Å²) < 4.78 is 22.5. The van der Waals surface area contributed by atoms with Crippen molar-refractivity contribution in [2.45, 2.75) is 57.6 Å². The Labute approximate surface area is 259 Å². The van der Waals surface area contributed by atoms with E-state index < -0.39 is 23.8 Å². The number of carboxylic acids is 1. The molecule has 3 aliphatic rings. The number of rotatable bonds is 15. The van der Waals surface area contributed by atoms with Gasteiger partial charge in [0, 0.05) is 37.2 Å². The summed E-state index contributed by atoms with van der Waals surface area (Å²) in [6.45, 7) is 4.84. The molecule has 3 aliphatic heterocycles. The van der Waals surface area contributed by atoms with Crippen LogP contribution in [0.15, 0.2) is 30.3 Å². The molecule has 11 nitrogen and oxygen atoms in total. The number of unbranched alkanes of at least 4 members (excludes halogenated alkanes) is 1. The first kappa shape index (κ1) is 31.9. The number of aliphatic carboxylic acids is 1. The summed E-state index contributed by atoms with van der Waals surface area (Å²) >= 11 is 0. The summed E-state index contributed by atoms with van der Waals surface area (Å²) in [4.78, 5) is 33.0. The van der Waals surface area contributed by atoms with Gasteiger partial charge in [-0.15, -0.1) is 0 Å². The first-order valence-corrected chi connectivity index (χ1v) is 15.6. The van der Waals surface area contributed by atoms with E-state index in [9.17, 15) is 19.8 Å². The number of aliphatic hydroxyl groups excluding tert-OH is 1. The first-order chi connectivity index (χ1) is 21.3. The van der Waals surface area contributed by atoms with Crippen molar-refractivity contribution in [3.05, 3.63) is 47.0 Å². The molecule has 240 valence electrons. The number of likely N-dealkylation sites (tertiary alicyclic amines) is 1. The Morgan fingerprint density at radius 3 is 2.39 bits per heavy atom. The Bertz CT molecular complexity index is 1320. The molecule has 0 saturated carbocycles. The molecular formula is C33H45N3O8. The second kappa shape index (κ2) is 14.5. The summed E-state index contributed by atoms with van der Waals surface area (Å²) in [6, 6.07) is 9.00. The molecule has 11 heteroatoms. The number of aryl methyl sites for hydroxylation is 1. The molecule has 2 aromatic carbocycles. The van der Waals surface area contributed by atoms with Crippen LogP contribution in [-0.4, -0.2) is 103 Å². The van der Waals surface area contributed by atoms with Crippen LogP contribution in [0.2, 0.25) is 0 Å². The molecule has 3 heterocycles. The average molecular weight is 612 g/mol. The first-order valence-electron chi connectivity index (χ1n) is 15.6. The lowest BCUT2D eigenvalue weighted by Crippen LogP contribution is -2.45. The zero-order valence-corrected chi connectivity index (χ0v) is 26.0. The van der Waals surface area contributed by atoms with Crippen LogP contribution in [-0.2, 0) is 22.6 Å². The fraction of sp³-hybridized carbons (Fsp3) is 0.576. The Morgan fingerprint density at radius 2 is 1.68 bits per heavy atom. The quantitative estimate of drug-likeness (QED) is 0.310. The fourth-order valence-corrected chi connectivity index (χ4v) is 6.68. The predicted octanol–water partition coefficient (Wildman–Crippen LogP) is 3.32. The molecule has 0 aromatic heterocycles. The number of fused-ring (bicyclic) bond motifs is 2. The van der Waals surface area contributed by atoms with Crippen molar-refractivity contribution in [1.82, 2.24) is 14.7 Å². The van der Waals surface area contributed by atoms with Crippen molar-refractivity contribution in [1.29, 1.82) is 0 Å². The normalized spacial score (nSPS) is 20.4. The zero-order chi connectivity index (χ0) is 31.2. The van der Waals surface area contributed by atoms with E-state index in [2.05, 4.69) is 16.7 Å². The van der Waals surface area contributed by atoms with Crippen LogP contribution in [0, 0.1) is 5.92 Å². The number of carbonyl (C=O) groups excluding carboxylic acids is 1. The number of carbonyl (C=O) groups is 2. The number of nitrogens with zero attached hydrogens (tertiary/aromatic N) is 3. The number of para-hydroxylation sites is 1. The lowest BCUT2D eigenvalue weighted by Gasteiger charge is -2.30. The number of carboxylic acid groups (broad SMARTS) is 1. The number of amides is 1. The standard InChI is InChI=1S/C33H45N3O8/c1-4-5-13-35(14-7-12-34(2)3)29(38)18-36-17-25(23-15-24(19-37)32-28(16-23)42-21-44-32)30(33(39)40)26(36)11-10-22-8-6-9-27-31(22)43-20-41-27/h6,8-9,15-16,25-26,30,37H,4-5,7,10-14,17-21H2,1-3H3,(H,39,40)/t25-,26+,30-/m1/s1. The van der Waals surface area contributed by atoms with Crippen LogP contribution in [0.4, 0.5) is 0 Å². The van der Waals surface area contributed by atoms with E-state index in [1.54, 1.807) is 0 Å². The van der Waals surface area contributed by atoms with Crippen molar-refractivity contribution in [2.75, 3.05) is 60.4 Å². The van der Waals surface area contributed by atoms with E-state index >= 15 is 0 Å². The summed E-state index contributed by atoms with van der Waals surface area (Å²) in [5.41, 5.74) is 2.28. The molecular weight excluding hydrogens is 566 g/mol. The Morgan fingerprint density at radius 1 is 0.955 bits per heavy atom. The lowest BCUT2D eigenvalue weighted by molar-refractivity contribution is -0.143. The molecule has 0 radical (unpaired) electrons. The molecule has 1 amide bonds. The minimum atomic E-state index is -0.912. The van der Waals surface area contributed by atoms with Crippen LogP contribution in [0.1, 0.15) is 55.2 Å². The predicted molar refractivity (Wildman–Crippen MR) is 163 cm³/mol. The molecule has 5 rings (SSSR count). The average Bonchev–Trinajstić information content (AvgIpc) is 3.75. The molecule has 2 aromatic rings. The number of hydrogen-bond acceptors (Lipinski definition) is 9. The second-order valence-electron chi connectivity index (χ2n) is 12.1. The second-order valence-corrected chi connectivity index (χ2v) is 12.1. The van der Waals surface area contributed by atoms with Crippen molar-refractivity contribution in [3.63, 3.8) is 0 Å². The zero-order valence-electron chi connectivity index (χ0n) is 26.0. The van der Waals surface area contributed by atoms with Crippen LogP contribution in [0.25, 0.3) is 0 Å². The summed E-state index contributed by atoms with van der Waals surface area (Å²) in [5.74, 6) is 0.308. The third-order valence-electron chi connectivity index (χ3n) is 8.90. The van der Waals surface area contributed by atoms with Gasteiger partial charge < -0.3 is 39.0 Å². The molecule has 0 spiro atoms. The van der Waals surface area contributed by atoms with E-state index in [4.69, 9.17) is 18.9 Å².